The van der Waals surface area contributed by atoms with E-state index >= 15 is 0 Å². The molecule has 3 aromatic rings. The highest BCUT2D eigenvalue weighted by Crippen LogP contribution is 2.44. The Balaban J connectivity index is 1.79. The van der Waals surface area contributed by atoms with Crippen LogP contribution in [0.3, 0.4) is 0 Å². The summed E-state index contributed by atoms with van der Waals surface area (Å²) in [4.78, 5) is 19.0. The number of pyridine rings is 1. The lowest BCUT2D eigenvalue weighted by Crippen LogP contribution is -2.27. The number of aromatic nitrogens is 1. The molecule has 0 unspecified atom stereocenters. The van der Waals surface area contributed by atoms with E-state index in [4.69, 9.17) is 19.2 Å². The van der Waals surface area contributed by atoms with Crippen LogP contribution in [0.2, 0.25) is 0 Å². The lowest BCUT2D eigenvalue weighted by atomic mass is 10.0. The third kappa shape index (κ3) is 3.64. The zero-order valence-electron chi connectivity index (χ0n) is 17.8. The lowest BCUT2D eigenvalue weighted by molar-refractivity contribution is -0.116. The first-order chi connectivity index (χ1) is 14.4. The minimum Gasteiger partial charge on any atom is -0.493 e. The van der Waals surface area contributed by atoms with E-state index in [2.05, 4.69) is 12.2 Å². The van der Waals surface area contributed by atoms with Gasteiger partial charge in [-0.1, -0.05) is 6.07 Å². The smallest absolute Gasteiger partial charge is 0.238 e. The molecule has 0 aliphatic carbocycles. The van der Waals surface area contributed by atoms with Crippen LogP contribution in [-0.2, 0) is 4.79 Å². The van der Waals surface area contributed by atoms with Crippen LogP contribution in [0.25, 0.3) is 22.2 Å². The Bertz CT molecular complexity index is 1140. The highest BCUT2D eigenvalue weighted by molar-refractivity contribution is 5.98. The number of carbonyl (C=O) groups is 1. The van der Waals surface area contributed by atoms with Gasteiger partial charge in [-0.2, -0.15) is 0 Å². The Labute approximate surface area is 175 Å². The molecule has 0 spiro atoms. The Hall–Kier alpha value is -3.32. The average molecular weight is 407 g/mol. The molecule has 0 saturated heterocycles. The highest BCUT2D eigenvalue weighted by atomic mass is 16.7. The second-order valence-electron chi connectivity index (χ2n) is 7.66. The van der Waals surface area contributed by atoms with Crippen LogP contribution in [-0.4, -0.2) is 50.3 Å². The first-order valence-electron chi connectivity index (χ1n) is 9.71. The van der Waals surface area contributed by atoms with Crippen molar-refractivity contribution in [3.63, 3.8) is 0 Å². The van der Waals surface area contributed by atoms with Gasteiger partial charge in [-0.05, 0) is 63.3 Å². The van der Waals surface area contributed by atoms with Crippen molar-refractivity contribution in [2.24, 2.45) is 0 Å². The van der Waals surface area contributed by atoms with Crippen LogP contribution in [0.15, 0.2) is 30.3 Å². The molecule has 2 heterocycles. The number of aryl methyl sites for hydroxylation is 2. The van der Waals surface area contributed by atoms with E-state index in [1.165, 1.54) is 0 Å². The molecule has 7 nitrogen and oxygen atoms in total. The third-order valence-electron chi connectivity index (χ3n) is 5.13. The summed E-state index contributed by atoms with van der Waals surface area (Å²) in [6, 6.07) is 9.79. The van der Waals surface area contributed by atoms with Crippen molar-refractivity contribution in [3.8, 4) is 28.5 Å². The van der Waals surface area contributed by atoms with Gasteiger partial charge in [0, 0.05) is 16.6 Å². The van der Waals surface area contributed by atoms with Crippen LogP contribution in [0.5, 0.6) is 17.2 Å². The summed E-state index contributed by atoms with van der Waals surface area (Å²) < 4.78 is 16.5. The second kappa shape index (κ2) is 7.84. The number of nitrogens with zero attached hydrogens (tertiary/aromatic N) is 2. The molecular weight excluding hydrogens is 382 g/mol. The molecule has 1 aliphatic heterocycles. The fourth-order valence-corrected chi connectivity index (χ4v) is 3.64. The quantitative estimate of drug-likeness (QED) is 0.694. The van der Waals surface area contributed by atoms with E-state index in [1.807, 2.05) is 56.3 Å². The van der Waals surface area contributed by atoms with Crippen molar-refractivity contribution < 1.29 is 19.0 Å². The number of hydrogen-bond acceptors (Lipinski definition) is 6. The van der Waals surface area contributed by atoms with E-state index in [9.17, 15) is 4.79 Å². The van der Waals surface area contributed by atoms with E-state index in [-0.39, 0.29) is 12.7 Å². The van der Waals surface area contributed by atoms with E-state index in [0.29, 0.717) is 23.8 Å². The fraction of sp³-hybridized carbons (Fsp3) is 0.304. The predicted molar refractivity (Wildman–Crippen MR) is 117 cm³/mol. The van der Waals surface area contributed by atoms with Gasteiger partial charge in [0.15, 0.2) is 11.5 Å². The lowest BCUT2D eigenvalue weighted by Gasteiger charge is -2.15. The van der Waals surface area contributed by atoms with Crippen LogP contribution in [0, 0.1) is 13.8 Å². The molecule has 4 rings (SSSR count). The SMILES string of the molecule is COc1cc(-c2cc(C)c3ccc(NC(=O)CN(C)C)c(C)c3n2)cc2c1OCO2. The van der Waals surface area contributed by atoms with Gasteiger partial charge in [0.25, 0.3) is 0 Å². The summed E-state index contributed by atoms with van der Waals surface area (Å²) in [5.74, 6) is 1.81. The Morgan fingerprint density at radius 3 is 2.73 bits per heavy atom. The normalized spacial score (nSPS) is 12.5. The van der Waals surface area contributed by atoms with Crippen molar-refractivity contribution in [3.05, 3.63) is 41.5 Å². The number of benzene rings is 2. The number of likely N-dealkylation sites (N-methyl/N-ethyl adjacent to an activating group) is 1. The number of carbonyl (C=O) groups excluding carboxylic acids is 1. The molecule has 0 fully saturated rings. The van der Waals surface area contributed by atoms with Crippen molar-refractivity contribution in [2.45, 2.75) is 13.8 Å². The zero-order valence-corrected chi connectivity index (χ0v) is 17.8. The van der Waals surface area contributed by atoms with E-state index in [0.717, 1.165) is 39.0 Å². The maximum atomic E-state index is 12.2. The molecule has 156 valence electrons. The maximum absolute atomic E-state index is 12.2. The largest absolute Gasteiger partial charge is 0.493 e. The fourth-order valence-electron chi connectivity index (χ4n) is 3.64. The Morgan fingerprint density at radius 1 is 1.20 bits per heavy atom. The summed E-state index contributed by atoms with van der Waals surface area (Å²) in [6.45, 7) is 4.53. The predicted octanol–water partition coefficient (Wildman–Crippen LogP) is 3.76. The molecule has 0 saturated carbocycles. The summed E-state index contributed by atoms with van der Waals surface area (Å²) in [5, 5.41) is 4.04. The van der Waals surface area contributed by atoms with Gasteiger partial charge in [0.1, 0.15) is 0 Å². The van der Waals surface area contributed by atoms with Crippen molar-refractivity contribution in [1.29, 1.82) is 0 Å². The molecule has 1 aliphatic rings. The van der Waals surface area contributed by atoms with Crippen LogP contribution >= 0.6 is 0 Å². The maximum Gasteiger partial charge on any atom is 0.238 e. The molecule has 0 atom stereocenters. The van der Waals surface area contributed by atoms with Crippen molar-refractivity contribution in [1.82, 2.24) is 9.88 Å². The first kappa shape index (κ1) is 20.0. The minimum absolute atomic E-state index is 0.0594. The second-order valence-corrected chi connectivity index (χ2v) is 7.66. The summed E-state index contributed by atoms with van der Waals surface area (Å²) in [6.07, 6.45) is 0. The van der Waals surface area contributed by atoms with Gasteiger partial charge in [0.05, 0.1) is 24.9 Å². The number of amides is 1. The number of rotatable bonds is 5. The van der Waals surface area contributed by atoms with Gasteiger partial charge in [-0.15, -0.1) is 0 Å². The topological polar surface area (TPSA) is 72.9 Å². The number of methoxy groups -OCH3 is 1. The molecule has 1 aromatic heterocycles. The third-order valence-corrected chi connectivity index (χ3v) is 5.13. The van der Waals surface area contributed by atoms with Crippen molar-refractivity contribution >= 4 is 22.5 Å². The molecule has 0 radical (unpaired) electrons. The van der Waals surface area contributed by atoms with Crippen LogP contribution in [0.4, 0.5) is 5.69 Å². The summed E-state index contributed by atoms with van der Waals surface area (Å²) in [7, 11) is 5.33. The number of hydrogen-bond donors (Lipinski definition) is 1. The van der Waals surface area contributed by atoms with Gasteiger partial charge in [0.2, 0.25) is 18.4 Å². The molecule has 7 heteroatoms. The molecular formula is C23H25N3O4. The highest BCUT2D eigenvalue weighted by Gasteiger charge is 2.21. The number of fused-ring (bicyclic) bond motifs is 2. The van der Waals surface area contributed by atoms with Gasteiger partial charge < -0.3 is 24.4 Å². The van der Waals surface area contributed by atoms with Gasteiger partial charge in [-0.3, -0.25) is 4.79 Å². The monoisotopic (exact) mass is 407 g/mol. The minimum atomic E-state index is -0.0594. The summed E-state index contributed by atoms with van der Waals surface area (Å²) >= 11 is 0. The van der Waals surface area contributed by atoms with Gasteiger partial charge in [-0.25, -0.2) is 4.98 Å². The molecule has 30 heavy (non-hydrogen) atoms. The van der Waals surface area contributed by atoms with E-state index in [1.54, 1.807) is 7.11 Å². The molecule has 2 aromatic carbocycles. The molecule has 1 N–H and O–H groups in total. The number of ether oxygens (including phenoxy) is 3. The standard InChI is InChI=1S/C23H25N3O4/c1-13-8-18(15-9-19(28-5)23-20(10-15)29-12-30-23)25-22-14(2)17(7-6-16(13)22)24-21(27)11-26(3)4/h6-10H,11-12H2,1-5H3,(H,24,27). The van der Waals surface area contributed by atoms with Crippen LogP contribution in [0.1, 0.15) is 11.1 Å². The van der Waals surface area contributed by atoms with E-state index < -0.39 is 0 Å². The van der Waals surface area contributed by atoms with Crippen LogP contribution < -0.4 is 19.5 Å². The Kier molecular flexibility index (Phi) is 5.22. The summed E-state index contributed by atoms with van der Waals surface area (Å²) in [5.41, 5.74) is 5.32. The van der Waals surface area contributed by atoms with Crippen molar-refractivity contribution in [2.75, 3.05) is 39.9 Å². The Morgan fingerprint density at radius 2 is 2.00 bits per heavy atom. The average Bonchev–Trinajstić information content (AvgIpc) is 3.17. The zero-order chi connectivity index (χ0) is 21.4. The first-order valence-corrected chi connectivity index (χ1v) is 9.71. The molecule has 0 bridgehead atoms. The van der Waals surface area contributed by atoms with Gasteiger partial charge >= 0.3 is 0 Å². The molecule has 1 amide bonds. The number of nitrogens with one attached hydrogen (secondary N) is 1. The number of anilines is 1.